The molecule has 0 aromatic carbocycles. The van der Waals surface area contributed by atoms with Gasteiger partial charge in [-0.25, -0.2) is 0 Å². The van der Waals surface area contributed by atoms with Crippen LogP contribution in [0.4, 0.5) is 0 Å². The third-order valence-electron chi connectivity index (χ3n) is 2.21. The van der Waals surface area contributed by atoms with Crippen molar-refractivity contribution in [3.63, 3.8) is 0 Å². The van der Waals surface area contributed by atoms with Gasteiger partial charge < -0.3 is 11.1 Å². The summed E-state index contributed by atoms with van der Waals surface area (Å²) in [4.78, 5) is 26.7. The summed E-state index contributed by atoms with van der Waals surface area (Å²) in [6.45, 7) is 3.65. The number of amidine groups is 1. The zero-order chi connectivity index (χ0) is 10.8. The normalized spacial score (nSPS) is 20.4. The van der Waals surface area contributed by atoms with E-state index in [1.807, 2.05) is 0 Å². The molecule has 1 rings (SSSR count). The molecular weight excluding hydrogens is 182 g/mol. The Morgan fingerprint density at radius 1 is 1.43 bits per heavy atom. The number of rotatable bonds is 3. The van der Waals surface area contributed by atoms with E-state index < -0.39 is 5.41 Å². The molecule has 2 amide bonds. The molecule has 1 aliphatic heterocycles. The maximum atomic E-state index is 11.5. The van der Waals surface area contributed by atoms with E-state index in [1.165, 1.54) is 0 Å². The second-order valence-corrected chi connectivity index (χ2v) is 3.84. The van der Waals surface area contributed by atoms with Crippen LogP contribution in [0.25, 0.3) is 0 Å². The van der Waals surface area contributed by atoms with Gasteiger partial charge in [-0.05, 0) is 26.8 Å². The minimum absolute atomic E-state index is 0.287. The van der Waals surface area contributed by atoms with E-state index in [0.29, 0.717) is 25.2 Å². The molecule has 1 heterocycles. The highest BCUT2D eigenvalue weighted by Crippen LogP contribution is 2.20. The zero-order valence-electron chi connectivity index (χ0n) is 8.46. The van der Waals surface area contributed by atoms with E-state index >= 15 is 0 Å². The molecule has 5 heteroatoms. The summed E-state index contributed by atoms with van der Waals surface area (Å²) < 4.78 is 0. The van der Waals surface area contributed by atoms with Gasteiger partial charge in [0.25, 0.3) is 5.91 Å². The van der Waals surface area contributed by atoms with Gasteiger partial charge in [0.2, 0.25) is 5.91 Å². The van der Waals surface area contributed by atoms with Gasteiger partial charge in [-0.2, -0.15) is 4.99 Å². The van der Waals surface area contributed by atoms with Gasteiger partial charge in [-0.15, -0.1) is 0 Å². The van der Waals surface area contributed by atoms with E-state index in [-0.39, 0.29) is 11.8 Å². The summed E-state index contributed by atoms with van der Waals surface area (Å²) in [7, 11) is 0. The molecule has 0 unspecified atom stereocenters. The summed E-state index contributed by atoms with van der Waals surface area (Å²) in [5.74, 6) is -0.234. The number of nitrogens with one attached hydrogen (secondary N) is 1. The number of hydrogen-bond donors (Lipinski definition) is 2. The Bertz CT molecular complexity index is 294. The lowest BCUT2D eigenvalue weighted by Crippen LogP contribution is -2.49. The van der Waals surface area contributed by atoms with E-state index in [9.17, 15) is 9.59 Å². The summed E-state index contributed by atoms with van der Waals surface area (Å²) >= 11 is 0. The van der Waals surface area contributed by atoms with E-state index in [2.05, 4.69) is 10.3 Å². The number of hydrogen-bond acceptors (Lipinski definition) is 3. The number of amides is 2. The lowest BCUT2D eigenvalue weighted by Gasteiger charge is -2.25. The van der Waals surface area contributed by atoms with Gasteiger partial charge in [-0.1, -0.05) is 0 Å². The average Bonchev–Trinajstić information content (AvgIpc) is 2.11. The molecule has 5 nitrogen and oxygen atoms in total. The maximum absolute atomic E-state index is 11.5. The van der Waals surface area contributed by atoms with Gasteiger partial charge in [-0.3, -0.25) is 9.59 Å². The van der Waals surface area contributed by atoms with Crippen LogP contribution in [0.1, 0.15) is 26.7 Å². The highest BCUT2D eigenvalue weighted by molar-refractivity contribution is 6.18. The Balaban J connectivity index is 2.76. The van der Waals surface area contributed by atoms with Crippen LogP contribution < -0.4 is 11.1 Å². The number of carbonyl (C=O) groups excluding carboxylic acids is 2. The molecule has 0 radical (unpaired) electrons. The van der Waals surface area contributed by atoms with Crippen LogP contribution in [0.5, 0.6) is 0 Å². The van der Waals surface area contributed by atoms with E-state index in [4.69, 9.17) is 5.73 Å². The Morgan fingerprint density at radius 3 is 2.57 bits per heavy atom. The summed E-state index contributed by atoms with van der Waals surface area (Å²) in [5.41, 5.74) is 4.28. The van der Waals surface area contributed by atoms with Crippen molar-refractivity contribution in [1.82, 2.24) is 5.32 Å². The zero-order valence-corrected chi connectivity index (χ0v) is 8.46. The monoisotopic (exact) mass is 197 g/mol. The first-order chi connectivity index (χ1) is 6.48. The number of aliphatic imine (C=N–C) groups is 1. The molecule has 0 aromatic rings. The topological polar surface area (TPSA) is 84.6 Å². The molecule has 0 aliphatic carbocycles. The molecule has 1 aliphatic rings. The van der Waals surface area contributed by atoms with Crippen LogP contribution >= 0.6 is 0 Å². The highest BCUT2D eigenvalue weighted by atomic mass is 16.2. The molecule has 0 spiro atoms. The van der Waals surface area contributed by atoms with E-state index in [1.54, 1.807) is 13.8 Å². The first-order valence-electron chi connectivity index (χ1n) is 4.62. The molecule has 0 saturated heterocycles. The quantitative estimate of drug-likeness (QED) is 0.615. The second-order valence-electron chi connectivity index (χ2n) is 3.84. The van der Waals surface area contributed by atoms with Crippen LogP contribution in [0.3, 0.4) is 0 Å². The minimum atomic E-state index is -1.04. The third-order valence-corrected chi connectivity index (χ3v) is 2.21. The van der Waals surface area contributed by atoms with Gasteiger partial charge in [0.15, 0.2) is 0 Å². The molecule has 0 fully saturated rings. The first-order valence-corrected chi connectivity index (χ1v) is 4.62. The van der Waals surface area contributed by atoms with Crippen molar-refractivity contribution in [2.45, 2.75) is 26.7 Å². The fourth-order valence-corrected chi connectivity index (χ4v) is 1.06. The van der Waals surface area contributed by atoms with Crippen molar-refractivity contribution in [2.24, 2.45) is 16.1 Å². The predicted octanol–water partition coefficient (Wildman–Crippen LogP) is -0.194. The van der Waals surface area contributed by atoms with Crippen LogP contribution in [0.2, 0.25) is 0 Å². The van der Waals surface area contributed by atoms with Crippen molar-refractivity contribution >= 4 is 17.6 Å². The minimum Gasteiger partial charge on any atom is -0.330 e. The van der Waals surface area contributed by atoms with Crippen LogP contribution in [0.15, 0.2) is 4.99 Å². The molecular formula is C9H15N3O2. The van der Waals surface area contributed by atoms with Gasteiger partial charge in [0.05, 0.1) is 0 Å². The van der Waals surface area contributed by atoms with Crippen LogP contribution in [-0.2, 0) is 9.59 Å². The SMILES string of the molecule is CC1(C)C(=O)N=C(CCCN)NC1=O. The van der Waals surface area contributed by atoms with Crippen molar-refractivity contribution in [2.75, 3.05) is 6.54 Å². The van der Waals surface area contributed by atoms with Crippen molar-refractivity contribution in [3.05, 3.63) is 0 Å². The van der Waals surface area contributed by atoms with Crippen molar-refractivity contribution in [1.29, 1.82) is 0 Å². The van der Waals surface area contributed by atoms with Crippen LogP contribution in [0, 0.1) is 5.41 Å². The van der Waals surface area contributed by atoms with Gasteiger partial charge >= 0.3 is 0 Å². The predicted molar refractivity (Wildman–Crippen MR) is 52.7 cm³/mol. The van der Waals surface area contributed by atoms with Crippen molar-refractivity contribution < 1.29 is 9.59 Å². The molecule has 78 valence electrons. The van der Waals surface area contributed by atoms with Crippen molar-refractivity contribution in [3.8, 4) is 0 Å². The number of nitrogens with two attached hydrogens (primary N) is 1. The van der Waals surface area contributed by atoms with Crippen LogP contribution in [-0.4, -0.2) is 24.2 Å². The Morgan fingerprint density at radius 2 is 2.07 bits per heavy atom. The fourth-order valence-electron chi connectivity index (χ4n) is 1.06. The molecule has 0 saturated carbocycles. The Labute approximate surface area is 82.8 Å². The lowest BCUT2D eigenvalue weighted by molar-refractivity contribution is -0.139. The Kier molecular flexibility index (Phi) is 3.00. The number of nitrogens with zero attached hydrogens (tertiary/aromatic N) is 1. The molecule has 14 heavy (non-hydrogen) atoms. The fraction of sp³-hybridized carbons (Fsp3) is 0.667. The molecule has 3 N–H and O–H groups in total. The summed E-state index contributed by atoms with van der Waals surface area (Å²) in [5, 5.41) is 2.61. The average molecular weight is 197 g/mol. The largest absolute Gasteiger partial charge is 0.330 e. The smallest absolute Gasteiger partial charge is 0.262 e. The first kappa shape index (κ1) is 10.8. The summed E-state index contributed by atoms with van der Waals surface area (Å²) in [6.07, 6.45) is 1.26. The highest BCUT2D eigenvalue weighted by Gasteiger charge is 2.39. The second kappa shape index (κ2) is 3.88. The molecule has 0 atom stereocenters. The van der Waals surface area contributed by atoms with Gasteiger partial charge in [0, 0.05) is 6.42 Å². The summed E-state index contributed by atoms with van der Waals surface area (Å²) in [6, 6.07) is 0. The molecule has 0 bridgehead atoms. The standard InChI is InChI=1S/C9H15N3O2/c1-9(2)7(13)11-6(4-3-5-10)12-8(9)14/h3-5,10H2,1-2H3,(H,11,12,13,14). The van der Waals surface area contributed by atoms with Gasteiger partial charge in [0.1, 0.15) is 11.3 Å². The lowest BCUT2D eigenvalue weighted by atomic mass is 9.90. The third kappa shape index (κ3) is 1.98. The number of carbonyl (C=O) groups is 2. The molecule has 0 aromatic heterocycles. The Hall–Kier alpha value is -1.23. The van der Waals surface area contributed by atoms with E-state index in [0.717, 1.165) is 0 Å². The maximum Gasteiger partial charge on any atom is 0.262 e.